The molecule has 47 heavy (non-hydrogen) atoms. The molecule has 2 fully saturated rings. The first kappa shape index (κ1) is 35.4. The van der Waals surface area contributed by atoms with Crippen molar-refractivity contribution in [2.75, 3.05) is 46.9 Å². The highest BCUT2D eigenvalue weighted by Crippen LogP contribution is 2.26. The van der Waals surface area contributed by atoms with E-state index in [9.17, 15) is 24.0 Å². The number of hydrogen-bond donors (Lipinski definition) is 4. The van der Waals surface area contributed by atoms with Crippen LogP contribution < -0.4 is 31.9 Å². The molecule has 1 aromatic carbocycles. The number of carboxylic acids is 1. The summed E-state index contributed by atoms with van der Waals surface area (Å²) in [4.78, 5) is 66.2. The van der Waals surface area contributed by atoms with Crippen molar-refractivity contribution in [1.29, 1.82) is 0 Å². The Kier molecular flexibility index (Phi) is 12.0. The molecule has 2 aliphatic heterocycles. The number of benzene rings is 1. The van der Waals surface area contributed by atoms with Crippen molar-refractivity contribution in [2.24, 2.45) is 0 Å². The fraction of sp³-hybridized carbons (Fsp3) is 0.545. The number of methoxy groups -OCH3 is 1. The largest absolute Gasteiger partial charge is 0.495 e. The molecule has 2 aromatic rings. The Morgan fingerprint density at radius 2 is 1.81 bits per heavy atom. The van der Waals surface area contributed by atoms with Gasteiger partial charge in [-0.25, -0.2) is 9.36 Å². The zero-order valence-corrected chi connectivity index (χ0v) is 27.5. The Morgan fingerprint density at radius 1 is 1.11 bits per heavy atom. The molecule has 14 nitrogen and oxygen atoms in total. The Balaban J connectivity index is 1.43. The van der Waals surface area contributed by atoms with E-state index in [1.54, 1.807) is 18.2 Å². The number of rotatable bonds is 11. The van der Waals surface area contributed by atoms with Gasteiger partial charge in [0.05, 0.1) is 25.8 Å². The highest BCUT2D eigenvalue weighted by molar-refractivity contribution is 5.89. The molecule has 0 radical (unpaired) electrons. The van der Waals surface area contributed by atoms with Crippen LogP contribution in [0.15, 0.2) is 40.1 Å². The van der Waals surface area contributed by atoms with Crippen LogP contribution in [-0.4, -0.2) is 106 Å². The molecule has 0 saturated carbocycles. The molecule has 4 rings (SSSR count). The minimum absolute atomic E-state index is 0.00785. The molecule has 14 heteroatoms. The van der Waals surface area contributed by atoms with Crippen molar-refractivity contribution in [1.82, 2.24) is 34.9 Å². The number of hydrogen-bond acceptors (Lipinski definition) is 9. The minimum Gasteiger partial charge on any atom is -0.495 e. The molecule has 4 N–H and O–H groups in total. The van der Waals surface area contributed by atoms with Gasteiger partial charge in [-0.3, -0.25) is 23.7 Å². The summed E-state index contributed by atoms with van der Waals surface area (Å²) in [6.07, 6.45) is 5.21. The first-order valence-electron chi connectivity index (χ1n) is 15.8. The SMILES string of the molecule is COc1ccc(C#CCNC2(C)CCN(C3CCN(C)CC3)CC2)cc1-n1ccc(=O)n(CNC(=O)[C@H](CC(=O)O)NC(C)=O)c1=O. The quantitative estimate of drug-likeness (QED) is 0.242. The monoisotopic (exact) mass is 651 g/mol. The molecule has 1 atom stereocenters. The molecule has 0 unspecified atom stereocenters. The lowest BCUT2D eigenvalue weighted by Crippen LogP contribution is -2.55. The van der Waals surface area contributed by atoms with E-state index in [0.717, 1.165) is 56.6 Å². The van der Waals surface area contributed by atoms with E-state index < -0.39 is 48.2 Å². The Hall–Kier alpha value is -4.45. The summed E-state index contributed by atoms with van der Waals surface area (Å²) < 4.78 is 7.47. The summed E-state index contributed by atoms with van der Waals surface area (Å²) >= 11 is 0. The van der Waals surface area contributed by atoms with Crippen LogP contribution in [0.3, 0.4) is 0 Å². The standard InChI is InChI=1S/C33H45N7O7/c1-23(41)36-26(21-30(43)44)31(45)34-22-40-29(42)11-17-39(32(40)46)27-20-24(7-8-28(27)47-4)6-5-14-35-33(2)12-18-38(19-13-33)25-9-15-37(3)16-10-25/h7-8,11,17,20,25-26,35H,9-10,12-16,18-19,21-22H2,1-4H3,(H,34,45)(H,36,41)(H,43,44)/t26-/m0/s1. The second-order valence-corrected chi connectivity index (χ2v) is 12.5. The number of likely N-dealkylation sites (tertiary alicyclic amines) is 2. The van der Waals surface area contributed by atoms with Gasteiger partial charge in [0.25, 0.3) is 5.56 Å². The summed E-state index contributed by atoms with van der Waals surface area (Å²) in [6.45, 7) is 7.82. The lowest BCUT2D eigenvalue weighted by molar-refractivity contribution is -0.140. The van der Waals surface area contributed by atoms with E-state index in [1.807, 2.05) is 0 Å². The summed E-state index contributed by atoms with van der Waals surface area (Å²) in [7, 11) is 3.64. The predicted octanol–water partition coefficient (Wildman–Crippen LogP) is -0.0493. The number of ether oxygens (including phenoxy) is 1. The van der Waals surface area contributed by atoms with Gasteiger partial charge in [0, 0.05) is 49.4 Å². The number of carbonyl (C=O) groups is 3. The number of piperidine rings is 2. The lowest BCUT2D eigenvalue weighted by atomic mass is 9.88. The minimum atomic E-state index is -1.38. The fourth-order valence-electron chi connectivity index (χ4n) is 6.03. The molecule has 2 saturated heterocycles. The smallest absolute Gasteiger partial charge is 0.337 e. The molecule has 1 aromatic heterocycles. The molecular formula is C33H45N7O7. The van der Waals surface area contributed by atoms with Crippen molar-refractivity contribution in [3.8, 4) is 23.3 Å². The number of aromatic nitrogens is 2. The summed E-state index contributed by atoms with van der Waals surface area (Å²) in [5.74, 6) is 3.94. The summed E-state index contributed by atoms with van der Waals surface area (Å²) in [5.41, 5.74) is -0.472. The van der Waals surface area contributed by atoms with E-state index in [2.05, 4.69) is 51.6 Å². The van der Waals surface area contributed by atoms with E-state index in [-0.39, 0.29) is 5.54 Å². The number of nitrogens with one attached hydrogen (secondary N) is 3. The highest BCUT2D eigenvalue weighted by atomic mass is 16.5. The zero-order valence-electron chi connectivity index (χ0n) is 27.5. The first-order valence-corrected chi connectivity index (χ1v) is 15.8. The van der Waals surface area contributed by atoms with Gasteiger partial charge in [0.2, 0.25) is 11.8 Å². The number of carboxylic acid groups (broad SMARTS) is 1. The Morgan fingerprint density at radius 3 is 2.45 bits per heavy atom. The van der Waals surface area contributed by atoms with Gasteiger partial charge in [-0.05, 0) is 70.9 Å². The van der Waals surface area contributed by atoms with Gasteiger partial charge < -0.3 is 35.6 Å². The lowest BCUT2D eigenvalue weighted by Gasteiger charge is -2.45. The van der Waals surface area contributed by atoms with Crippen molar-refractivity contribution in [3.05, 3.63) is 56.9 Å². The van der Waals surface area contributed by atoms with E-state index in [4.69, 9.17) is 9.84 Å². The summed E-state index contributed by atoms with van der Waals surface area (Å²) in [6, 6.07) is 5.61. The second-order valence-electron chi connectivity index (χ2n) is 12.5. The van der Waals surface area contributed by atoms with Crippen LogP contribution >= 0.6 is 0 Å². The molecule has 0 aliphatic carbocycles. The van der Waals surface area contributed by atoms with Crippen LogP contribution in [0, 0.1) is 11.8 Å². The first-order chi connectivity index (χ1) is 22.4. The van der Waals surface area contributed by atoms with Gasteiger partial charge in [-0.2, -0.15) is 0 Å². The molecule has 0 spiro atoms. The maximum atomic E-state index is 13.4. The molecule has 2 amide bonds. The highest BCUT2D eigenvalue weighted by Gasteiger charge is 2.33. The average molecular weight is 652 g/mol. The Bertz CT molecular complexity index is 1610. The zero-order chi connectivity index (χ0) is 34.1. The number of carbonyl (C=O) groups excluding carboxylic acids is 2. The van der Waals surface area contributed by atoms with Crippen molar-refractivity contribution in [3.63, 3.8) is 0 Å². The van der Waals surface area contributed by atoms with Gasteiger partial charge in [-0.1, -0.05) is 11.8 Å². The van der Waals surface area contributed by atoms with Crippen LogP contribution in [0.25, 0.3) is 5.69 Å². The molecule has 0 bridgehead atoms. The molecule has 2 aliphatic rings. The van der Waals surface area contributed by atoms with Crippen LogP contribution in [0.5, 0.6) is 5.75 Å². The van der Waals surface area contributed by atoms with Crippen molar-refractivity contribution >= 4 is 17.8 Å². The number of aliphatic carboxylic acids is 1. The molecular weight excluding hydrogens is 606 g/mol. The number of amides is 2. The predicted molar refractivity (Wildman–Crippen MR) is 175 cm³/mol. The van der Waals surface area contributed by atoms with E-state index >= 15 is 0 Å². The normalized spacial score (nSPS) is 17.6. The average Bonchev–Trinajstić information content (AvgIpc) is 3.03. The molecule has 254 valence electrons. The van der Waals surface area contributed by atoms with Gasteiger partial charge >= 0.3 is 11.7 Å². The number of nitrogens with zero attached hydrogens (tertiary/aromatic N) is 4. The van der Waals surface area contributed by atoms with Crippen LogP contribution in [0.2, 0.25) is 0 Å². The maximum Gasteiger partial charge on any atom is 0.337 e. The van der Waals surface area contributed by atoms with Gasteiger partial charge in [0.15, 0.2) is 0 Å². The third kappa shape index (κ3) is 9.54. The maximum absolute atomic E-state index is 13.4. The topological polar surface area (TPSA) is 167 Å². The third-order valence-electron chi connectivity index (χ3n) is 8.93. The van der Waals surface area contributed by atoms with Gasteiger partial charge in [-0.15, -0.1) is 0 Å². The fourth-order valence-corrected chi connectivity index (χ4v) is 6.03. The summed E-state index contributed by atoms with van der Waals surface area (Å²) in [5, 5.41) is 17.3. The van der Waals surface area contributed by atoms with Crippen LogP contribution in [0.1, 0.15) is 51.5 Å². The van der Waals surface area contributed by atoms with Gasteiger partial charge in [0.1, 0.15) is 18.5 Å². The van der Waals surface area contributed by atoms with Crippen LogP contribution in [-0.2, 0) is 21.1 Å². The molecule has 3 heterocycles. The van der Waals surface area contributed by atoms with E-state index in [0.29, 0.717) is 29.6 Å². The van der Waals surface area contributed by atoms with Crippen molar-refractivity contribution in [2.45, 2.75) is 70.2 Å². The van der Waals surface area contributed by atoms with Crippen molar-refractivity contribution < 1.29 is 24.2 Å². The second kappa shape index (κ2) is 15.9. The third-order valence-corrected chi connectivity index (χ3v) is 8.93. The van der Waals surface area contributed by atoms with Crippen LogP contribution in [0.4, 0.5) is 0 Å². The van der Waals surface area contributed by atoms with E-state index in [1.165, 1.54) is 30.7 Å². The Labute approximate surface area is 274 Å².